The number of halogens is 1. The number of rotatable bonds is 8. The summed E-state index contributed by atoms with van der Waals surface area (Å²) in [6.45, 7) is 5.28. The normalized spacial score (nSPS) is 16.7. The van der Waals surface area contributed by atoms with Gasteiger partial charge in [0.15, 0.2) is 5.82 Å². The minimum Gasteiger partial charge on any atom is -0.379 e. The van der Waals surface area contributed by atoms with Crippen LogP contribution in [-0.2, 0) is 27.2 Å². The van der Waals surface area contributed by atoms with Crippen molar-refractivity contribution >= 4 is 17.5 Å². The molecule has 3 aromatic rings. The molecule has 2 saturated heterocycles. The molecule has 0 saturated carbocycles. The summed E-state index contributed by atoms with van der Waals surface area (Å²) in [5, 5.41) is 7.99. The van der Waals surface area contributed by atoms with Crippen LogP contribution in [0.15, 0.2) is 53.3 Å². The fourth-order valence-electron chi connectivity index (χ4n) is 4.20. The van der Waals surface area contributed by atoms with Crippen LogP contribution >= 0.6 is 11.6 Å². The highest BCUT2D eigenvalue weighted by Gasteiger charge is 2.23. The fraction of sp³-hybridized carbons (Fsp3) is 0.400. The molecule has 35 heavy (non-hydrogen) atoms. The van der Waals surface area contributed by atoms with E-state index in [9.17, 15) is 9.59 Å². The Kier molecular flexibility index (Phi) is 7.29. The number of benzene rings is 2. The van der Waals surface area contributed by atoms with Crippen LogP contribution in [0.25, 0.3) is 17.1 Å². The number of amides is 1. The maximum atomic E-state index is 13.4. The summed E-state index contributed by atoms with van der Waals surface area (Å²) >= 11 is 6.19. The third-order valence-electron chi connectivity index (χ3n) is 6.25. The number of aromatic nitrogens is 3. The lowest BCUT2D eigenvalue weighted by molar-refractivity contribution is -0.125. The zero-order valence-electron chi connectivity index (χ0n) is 19.4. The molecule has 0 atom stereocenters. The Morgan fingerprint density at radius 1 is 1.09 bits per heavy atom. The molecule has 2 aliphatic rings. The minimum absolute atomic E-state index is 0.0205. The van der Waals surface area contributed by atoms with Crippen molar-refractivity contribution in [1.29, 1.82) is 0 Å². The highest BCUT2D eigenvalue weighted by Crippen LogP contribution is 2.21. The first-order chi connectivity index (χ1) is 17.1. The number of carbonyl (C=O) groups is 1. The van der Waals surface area contributed by atoms with Crippen molar-refractivity contribution < 1.29 is 14.3 Å². The van der Waals surface area contributed by atoms with Crippen molar-refractivity contribution in [3.05, 3.63) is 69.6 Å². The van der Waals surface area contributed by atoms with Crippen molar-refractivity contribution in [3.63, 3.8) is 0 Å². The Morgan fingerprint density at radius 2 is 1.86 bits per heavy atom. The lowest BCUT2D eigenvalue weighted by atomic mass is 10.1. The van der Waals surface area contributed by atoms with Crippen molar-refractivity contribution in [3.8, 4) is 17.1 Å². The van der Waals surface area contributed by atoms with E-state index in [1.54, 1.807) is 18.2 Å². The van der Waals surface area contributed by atoms with Gasteiger partial charge in [0, 0.05) is 30.2 Å². The molecule has 1 aromatic heterocycles. The highest BCUT2D eigenvalue weighted by atomic mass is 35.5. The first-order valence-electron chi connectivity index (χ1n) is 11.8. The molecular weight excluding hydrogens is 470 g/mol. The summed E-state index contributed by atoms with van der Waals surface area (Å²) in [7, 11) is 0. The van der Waals surface area contributed by atoms with E-state index in [1.807, 2.05) is 30.3 Å². The van der Waals surface area contributed by atoms with E-state index in [-0.39, 0.29) is 24.2 Å². The predicted molar refractivity (Wildman–Crippen MR) is 132 cm³/mol. The first kappa shape index (κ1) is 23.7. The molecule has 0 unspecified atom stereocenters. The average Bonchev–Trinajstić information content (AvgIpc) is 3.17. The highest BCUT2D eigenvalue weighted by molar-refractivity contribution is 6.30. The largest absolute Gasteiger partial charge is 0.379 e. The van der Waals surface area contributed by atoms with Gasteiger partial charge < -0.3 is 14.8 Å². The number of nitrogens with one attached hydrogen (secondary N) is 1. The predicted octanol–water partition coefficient (Wildman–Crippen LogP) is 1.74. The van der Waals surface area contributed by atoms with E-state index >= 15 is 0 Å². The molecule has 10 heteroatoms. The molecule has 0 spiro atoms. The third kappa shape index (κ3) is 5.65. The summed E-state index contributed by atoms with van der Waals surface area (Å²) in [6, 6.07) is 14.9. The SMILES string of the molecule is O=C(Cn1c(-c2cccc(Cl)c2)nn(-c2ccc(CCN3CCOCC3)cc2)c1=O)NC1COC1. The van der Waals surface area contributed by atoms with Gasteiger partial charge in [0.2, 0.25) is 5.91 Å². The number of carbonyl (C=O) groups excluding carboxylic acids is 1. The molecular formula is C25H28ClN5O4. The van der Waals surface area contributed by atoms with Crippen LogP contribution in [0.3, 0.4) is 0 Å². The monoisotopic (exact) mass is 497 g/mol. The van der Waals surface area contributed by atoms with Gasteiger partial charge in [-0.3, -0.25) is 14.3 Å². The van der Waals surface area contributed by atoms with E-state index in [0.717, 1.165) is 39.3 Å². The summed E-state index contributed by atoms with van der Waals surface area (Å²) in [6.07, 6.45) is 0.919. The van der Waals surface area contributed by atoms with Crippen molar-refractivity contribution in [2.45, 2.75) is 19.0 Å². The fourth-order valence-corrected chi connectivity index (χ4v) is 4.39. The van der Waals surface area contributed by atoms with Gasteiger partial charge in [0.1, 0.15) is 6.54 Å². The van der Waals surface area contributed by atoms with Crippen LogP contribution < -0.4 is 11.0 Å². The molecule has 0 bridgehead atoms. The van der Waals surface area contributed by atoms with Gasteiger partial charge in [-0.2, -0.15) is 4.68 Å². The van der Waals surface area contributed by atoms with Gasteiger partial charge in [-0.15, -0.1) is 5.10 Å². The maximum absolute atomic E-state index is 13.4. The quantitative estimate of drug-likeness (QED) is 0.510. The van der Waals surface area contributed by atoms with Gasteiger partial charge in [-0.1, -0.05) is 35.9 Å². The van der Waals surface area contributed by atoms with Crippen LogP contribution in [0.1, 0.15) is 5.56 Å². The Bertz CT molecular complexity index is 1230. The summed E-state index contributed by atoms with van der Waals surface area (Å²) in [5.74, 6) is 0.121. The van der Waals surface area contributed by atoms with Gasteiger partial charge in [0.05, 0.1) is 38.2 Å². The topological polar surface area (TPSA) is 90.6 Å². The van der Waals surface area contributed by atoms with Gasteiger partial charge in [0.25, 0.3) is 0 Å². The van der Waals surface area contributed by atoms with Gasteiger partial charge in [-0.05, 0) is 36.2 Å². The minimum atomic E-state index is -0.388. The van der Waals surface area contributed by atoms with Crippen LogP contribution in [0.2, 0.25) is 5.02 Å². The average molecular weight is 498 g/mol. The molecule has 3 heterocycles. The second kappa shape index (κ2) is 10.7. The van der Waals surface area contributed by atoms with Crippen LogP contribution in [0.5, 0.6) is 0 Å². The number of nitrogens with zero attached hydrogens (tertiary/aromatic N) is 4. The second-order valence-electron chi connectivity index (χ2n) is 8.79. The first-order valence-corrected chi connectivity index (χ1v) is 12.2. The molecule has 9 nitrogen and oxygen atoms in total. The summed E-state index contributed by atoms with van der Waals surface area (Å²) in [4.78, 5) is 28.4. The molecule has 184 valence electrons. The molecule has 1 N–H and O–H groups in total. The Labute approximate surface area is 208 Å². The summed E-state index contributed by atoms with van der Waals surface area (Å²) in [5.41, 5.74) is 2.10. The maximum Gasteiger partial charge on any atom is 0.351 e. The lowest BCUT2D eigenvalue weighted by Crippen LogP contribution is -2.50. The van der Waals surface area contributed by atoms with E-state index < -0.39 is 0 Å². The van der Waals surface area contributed by atoms with Crippen LogP contribution in [0.4, 0.5) is 0 Å². The van der Waals surface area contributed by atoms with Crippen LogP contribution in [0, 0.1) is 0 Å². The number of hydrogen-bond acceptors (Lipinski definition) is 6. The molecule has 2 fully saturated rings. The van der Waals surface area contributed by atoms with Gasteiger partial charge in [-0.25, -0.2) is 4.79 Å². The zero-order chi connectivity index (χ0) is 24.2. The Balaban J connectivity index is 1.39. The number of hydrogen-bond donors (Lipinski definition) is 1. The van der Waals surface area contributed by atoms with Crippen molar-refractivity contribution in [2.24, 2.45) is 0 Å². The number of morpholine rings is 1. The Hall–Kier alpha value is -2.98. The molecule has 2 aromatic carbocycles. The molecule has 1 amide bonds. The van der Waals surface area contributed by atoms with Gasteiger partial charge >= 0.3 is 5.69 Å². The molecule has 2 aliphatic heterocycles. The number of ether oxygens (including phenoxy) is 2. The molecule has 0 aliphatic carbocycles. The van der Waals surface area contributed by atoms with E-state index in [4.69, 9.17) is 21.1 Å². The lowest BCUT2D eigenvalue weighted by Gasteiger charge is -2.26. The van der Waals surface area contributed by atoms with E-state index in [1.165, 1.54) is 14.8 Å². The van der Waals surface area contributed by atoms with Crippen molar-refractivity contribution in [1.82, 2.24) is 24.6 Å². The second-order valence-corrected chi connectivity index (χ2v) is 9.22. The molecule has 5 rings (SSSR count). The molecule has 0 radical (unpaired) electrons. The van der Waals surface area contributed by atoms with E-state index in [0.29, 0.717) is 35.3 Å². The third-order valence-corrected chi connectivity index (χ3v) is 6.49. The Morgan fingerprint density at radius 3 is 2.54 bits per heavy atom. The van der Waals surface area contributed by atoms with E-state index in [2.05, 4.69) is 15.3 Å². The van der Waals surface area contributed by atoms with Crippen molar-refractivity contribution in [2.75, 3.05) is 46.1 Å². The zero-order valence-corrected chi connectivity index (χ0v) is 20.1. The summed E-state index contributed by atoms with van der Waals surface area (Å²) < 4.78 is 13.2. The standard InChI is InChI=1S/C25H28ClN5O4/c26-20-3-1-2-19(14-20)24-28-31(25(33)30(24)15-23(32)27-21-16-35-17-21)22-6-4-18(5-7-22)8-9-29-10-12-34-13-11-29/h1-7,14,21H,8-13,15-17H2,(H,27,32). The van der Waals surface area contributed by atoms with Crippen LogP contribution in [-0.4, -0.2) is 77.3 Å². The smallest absolute Gasteiger partial charge is 0.351 e.